The second-order valence-electron chi connectivity index (χ2n) is 4.28. The SMILES string of the molecule is CS(=O)(=O)CS(=O)(=O)NCC1CCC(Br)C1. The minimum absolute atomic E-state index is 0.304. The van der Waals surface area contributed by atoms with Crippen molar-refractivity contribution in [2.75, 3.05) is 17.9 Å². The fourth-order valence-corrected chi connectivity index (χ4v) is 5.64. The Bertz CT molecular complexity index is 431. The van der Waals surface area contributed by atoms with E-state index < -0.39 is 24.9 Å². The molecule has 0 bridgehead atoms. The highest BCUT2D eigenvalue weighted by molar-refractivity contribution is 9.09. The first-order chi connectivity index (χ1) is 7.18. The van der Waals surface area contributed by atoms with E-state index in [1.165, 1.54) is 0 Å². The standard InChI is InChI=1S/C8H16BrNO4S2/c1-15(11,12)6-16(13,14)10-5-7-2-3-8(9)4-7/h7-8,10H,2-6H2,1H3. The number of sulfonamides is 1. The van der Waals surface area contributed by atoms with Gasteiger partial charge in [-0.2, -0.15) is 0 Å². The smallest absolute Gasteiger partial charge is 0.226 e. The summed E-state index contributed by atoms with van der Waals surface area (Å²) < 4.78 is 46.9. The zero-order chi connectivity index (χ0) is 12.4. The summed E-state index contributed by atoms with van der Waals surface area (Å²) in [6.45, 7) is 0.333. The third kappa shape index (κ3) is 5.60. The normalized spacial score (nSPS) is 27.1. The van der Waals surface area contributed by atoms with Crippen molar-refractivity contribution in [1.29, 1.82) is 0 Å². The summed E-state index contributed by atoms with van der Waals surface area (Å²) >= 11 is 3.47. The maximum atomic E-state index is 11.4. The van der Waals surface area contributed by atoms with Crippen molar-refractivity contribution in [3.05, 3.63) is 0 Å². The lowest BCUT2D eigenvalue weighted by molar-refractivity contribution is 0.522. The van der Waals surface area contributed by atoms with E-state index >= 15 is 0 Å². The molecule has 8 heteroatoms. The molecule has 5 nitrogen and oxygen atoms in total. The lowest BCUT2D eigenvalue weighted by Crippen LogP contribution is -2.33. The van der Waals surface area contributed by atoms with Gasteiger partial charge in [0.2, 0.25) is 10.0 Å². The molecule has 0 amide bonds. The Labute approximate surface area is 105 Å². The molecule has 1 aliphatic rings. The quantitative estimate of drug-likeness (QED) is 0.741. The summed E-state index contributed by atoms with van der Waals surface area (Å²) in [5, 5.41) is -0.829. The summed E-state index contributed by atoms with van der Waals surface area (Å²) in [4.78, 5) is 0.455. The molecule has 0 aromatic carbocycles. The van der Waals surface area contributed by atoms with Gasteiger partial charge < -0.3 is 0 Å². The van der Waals surface area contributed by atoms with Gasteiger partial charge >= 0.3 is 0 Å². The number of hydrogen-bond donors (Lipinski definition) is 1. The van der Waals surface area contributed by atoms with E-state index in [-0.39, 0.29) is 0 Å². The molecule has 1 fully saturated rings. The number of hydrogen-bond acceptors (Lipinski definition) is 4. The van der Waals surface area contributed by atoms with Crippen LogP contribution in [0.5, 0.6) is 0 Å². The molecule has 0 aromatic heterocycles. The molecular weight excluding hydrogens is 318 g/mol. The van der Waals surface area contributed by atoms with Gasteiger partial charge in [0.15, 0.2) is 14.9 Å². The number of nitrogens with one attached hydrogen (secondary N) is 1. The predicted octanol–water partition coefficient (Wildman–Crippen LogP) is 0.472. The molecule has 0 saturated heterocycles. The Morgan fingerprint density at radius 3 is 2.31 bits per heavy atom. The highest BCUT2D eigenvalue weighted by Gasteiger charge is 2.25. The predicted molar refractivity (Wildman–Crippen MR) is 66.7 cm³/mol. The van der Waals surface area contributed by atoms with Gasteiger partial charge in [0, 0.05) is 17.6 Å². The minimum Gasteiger partial charge on any atom is -0.228 e. The van der Waals surface area contributed by atoms with E-state index in [1.54, 1.807) is 0 Å². The van der Waals surface area contributed by atoms with Crippen molar-refractivity contribution in [3.63, 3.8) is 0 Å². The number of alkyl halides is 1. The number of rotatable bonds is 5. The Kier molecular flexibility index (Phi) is 4.79. The van der Waals surface area contributed by atoms with Gasteiger partial charge in [-0.1, -0.05) is 15.9 Å². The average Bonchev–Trinajstić information content (AvgIpc) is 2.44. The first-order valence-electron chi connectivity index (χ1n) is 4.97. The van der Waals surface area contributed by atoms with Crippen molar-refractivity contribution < 1.29 is 16.8 Å². The molecule has 1 N–H and O–H groups in total. The van der Waals surface area contributed by atoms with Crippen LogP contribution in [0.2, 0.25) is 0 Å². The number of sulfone groups is 1. The second-order valence-corrected chi connectivity index (χ2v) is 9.89. The fourth-order valence-electron chi connectivity index (χ4n) is 1.77. The average molecular weight is 334 g/mol. The molecule has 2 atom stereocenters. The molecule has 0 spiro atoms. The van der Waals surface area contributed by atoms with Crippen molar-refractivity contribution in [1.82, 2.24) is 4.72 Å². The first-order valence-corrected chi connectivity index (χ1v) is 9.60. The van der Waals surface area contributed by atoms with Crippen LogP contribution >= 0.6 is 15.9 Å². The molecule has 1 rings (SSSR count). The maximum Gasteiger partial charge on any atom is 0.226 e. The lowest BCUT2D eigenvalue weighted by Gasteiger charge is -2.10. The van der Waals surface area contributed by atoms with E-state index in [9.17, 15) is 16.8 Å². The Balaban J connectivity index is 2.43. The van der Waals surface area contributed by atoms with Crippen LogP contribution in [0.4, 0.5) is 0 Å². The van der Waals surface area contributed by atoms with Crippen molar-refractivity contribution >= 4 is 35.8 Å². The largest absolute Gasteiger partial charge is 0.228 e. The van der Waals surface area contributed by atoms with Crippen LogP contribution in [0.3, 0.4) is 0 Å². The summed E-state index contributed by atoms with van der Waals surface area (Å²) in [6, 6.07) is 0. The van der Waals surface area contributed by atoms with Gasteiger partial charge in [0.25, 0.3) is 0 Å². The van der Waals surface area contributed by atoms with E-state index in [0.717, 1.165) is 25.5 Å². The van der Waals surface area contributed by atoms with Gasteiger partial charge in [0.1, 0.15) is 0 Å². The van der Waals surface area contributed by atoms with E-state index in [1.807, 2.05) is 0 Å². The molecule has 96 valence electrons. The van der Waals surface area contributed by atoms with Crippen LogP contribution in [-0.4, -0.2) is 39.5 Å². The molecule has 2 unspecified atom stereocenters. The van der Waals surface area contributed by atoms with E-state index in [4.69, 9.17) is 0 Å². The molecule has 1 saturated carbocycles. The number of halogens is 1. The Hall–Kier alpha value is 0.340. The third-order valence-corrected chi connectivity index (χ3v) is 6.83. The van der Waals surface area contributed by atoms with Crippen LogP contribution in [0, 0.1) is 5.92 Å². The molecule has 0 heterocycles. The minimum atomic E-state index is -3.70. The van der Waals surface area contributed by atoms with Crippen LogP contribution in [0.25, 0.3) is 0 Å². The van der Waals surface area contributed by atoms with Crippen LogP contribution < -0.4 is 4.72 Å². The zero-order valence-corrected chi connectivity index (χ0v) is 12.2. The molecule has 0 aliphatic heterocycles. The van der Waals surface area contributed by atoms with Crippen LogP contribution in [-0.2, 0) is 19.9 Å². The summed E-state index contributed by atoms with van der Waals surface area (Å²) in [7, 11) is -7.20. The van der Waals surface area contributed by atoms with Gasteiger partial charge in [-0.15, -0.1) is 0 Å². The Morgan fingerprint density at radius 2 is 1.88 bits per heavy atom. The maximum absolute atomic E-state index is 11.4. The summed E-state index contributed by atoms with van der Waals surface area (Å²) in [5.74, 6) is 0.304. The summed E-state index contributed by atoms with van der Waals surface area (Å²) in [6.07, 6.45) is 3.85. The van der Waals surface area contributed by atoms with Crippen molar-refractivity contribution in [2.24, 2.45) is 5.92 Å². The van der Waals surface area contributed by atoms with E-state index in [2.05, 4.69) is 20.7 Å². The molecule has 0 aromatic rings. The van der Waals surface area contributed by atoms with Crippen LogP contribution in [0.15, 0.2) is 0 Å². The third-order valence-electron chi connectivity index (χ3n) is 2.44. The fraction of sp³-hybridized carbons (Fsp3) is 1.00. The molecule has 1 aliphatic carbocycles. The highest BCUT2D eigenvalue weighted by atomic mass is 79.9. The zero-order valence-electron chi connectivity index (χ0n) is 9.02. The van der Waals surface area contributed by atoms with Gasteiger partial charge in [-0.05, 0) is 25.2 Å². The van der Waals surface area contributed by atoms with Crippen molar-refractivity contribution in [3.8, 4) is 0 Å². The van der Waals surface area contributed by atoms with Gasteiger partial charge in [0.05, 0.1) is 0 Å². The van der Waals surface area contributed by atoms with E-state index in [0.29, 0.717) is 17.3 Å². The monoisotopic (exact) mass is 333 g/mol. The highest BCUT2D eigenvalue weighted by Crippen LogP contribution is 2.30. The van der Waals surface area contributed by atoms with Crippen LogP contribution in [0.1, 0.15) is 19.3 Å². The van der Waals surface area contributed by atoms with Gasteiger partial charge in [-0.25, -0.2) is 21.6 Å². The van der Waals surface area contributed by atoms with Gasteiger partial charge in [-0.3, -0.25) is 0 Å². The Morgan fingerprint density at radius 1 is 1.25 bits per heavy atom. The molecular formula is C8H16BrNO4S2. The second kappa shape index (κ2) is 5.32. The lowest BCUT2D eigenvalue weighted by atomic mass is 10.1. The topological polar surface area (TPSA) is 80.3 Å². The first kappa shape index (κ1) is 14.4. The summed E-state index contributed by atoms with van der Waals surface area (Å²) in [5.41, 5.74) is 0. The molecule has 16 heavy (non-hydrogen) atoms. The molecule has 0 radical (unpaired) electrons. The van der Waals surface area contributed by atoms with Crippen molar-refractivity contribution in [2.45, 2.75) is 24.1 Å².